The van der Waals surface area contributed by atoms with Crippen LogP contribution in [0.25, 0.3) is 0 Å². The van der Waals surface area contributed by atoms with Crippen LogP contribution < -0.4 is 16.0 Å². The minimum absolute atomic E-state index is 0.0834. The molecule has 3 N–H and O–H groups in total. The SMILES string of the molecule is CC1CCCC(COc2cc([N+](=O)[O-])cc(NN)n2)C1. The summed E-state index contributed by atoms with van der Waals surface area (Å²) in [5.41, 5.74) is 2.23. The molecule has 7 nitrogen and oxygen atoms in total. The normalized spacial score (nSPS) is 22.3. The van der Waals surface area contributed by atoms with E-state index in [1.54, 1.807) is 0 Å². The number of nitrogens with zero attached hydrogens (tertiary/aromatic N) is 2. The van der Waals surface area contributed by atoms with E-state index in [-0.39, 0.29) is 17.4 Å². The van der Waals surface area contributed by atoms with Crippen LogP contribution in [0, 0.1) is 22.0 Å². The number of ether oxygens (including phenoxy) is 1. The zero-order chi connectivity index (χ0) is 14.5. The fraction of sp³-hybridized carbons (Fsp3) is 0.615. The van der Waals surface area contributed by atoms with Gasteiger partial charge in [0.1, 0.15) is 0 Å². The Bertz CT molecular complexity index is 481. The van der Waals surface area contributed by atoms with Gasteiger partial charge in [-0.25, -0.2) is 5.84 Å². The van der Waals surface area contributed by atoms with Gasteiger partial charge in [0, 0.05) is 0 Å². The number of pyridine rings is 1. The Morgan fingerprint density at radius 2 is 2.35 bits per heavy atom. The molecule has 1 heterocycles. The highest BCUT2D eigenvalue weighted by Crippen LogP contribution is 2.29. The standard InChI is InChI=1S/C13H20N4O3/c1-9-3-2-4-10(5-9)8-20-13-7-11(17(18)19)6-12(15-13)16-14/h6-7,9-10H,2-5,8,14H2,1H3,(H,15,16). The number of nitrogen functional groups attached to an aromatic ring is 1. The summed E-state index contributed by atoms with van der Waals surface area (Å²) < 4.78 is 5.62. The zero-order valence-electron chi connectivity index (χ0n) is 11.5. The molecule has 2 rings (SSSR count). The van der Waals surface area contributed by atoms with Gasteiger partial charge in [0.25, 0.3) is 5.69 Å². The maximum atomic E-state index is 10.8. The van der Waals surface area contributed by atoms with Crippen LogP contribution in [0.4, 0.5) is 11.5 Å². The summed E-state index contributed by atoms with van der Waals surface area (Å²) in [6.45, 7) is 2.79. The molecule has 0 aromatic carbocycles. The van der Waals surface area contributed by atoms with E-state index >= 15 is 0 Å². The Morgan fingerprint density at radius 1 is 1.55 bits per heavy atom. The van der Waals surface area contributed by atoms with Crippen LogP contribution in [0.5, 0.6) is 5.88 Å². The van der Waals surface area contributed by atoms with Crippen LogP contribution in [-0.2, 0) is 0 Å². The van der Waals surface area contributed by atoms with Crippen molar-refractivity contribution < 1.29 is 9.66 Å². The second kappa shape index (κ2) is 6.51. The molecule has 1 aromatic rings. The number of rotatable bonds is 5. The van der Waals surface area contributed by atoms with Crippen molar-refractivity contribution in [3.8, 4) is 5.88 Å². The van der Waals surface area contributed by atoms with Crippen molar-refractivity contribution in [1.82, 2.24) is 4.98 Å². The molecule has 0 radical (unpaired) electrons. The van der Waals surface area contributed by atoms with Crippen LogP contribution in [0.15, 0.2) is 12.1 Å². The van der Waals surface area contributed by atoms with Crippen molar-refractivity contribution in [2.24, 2.45) is 17.7 Å². The third kappa shape index (κ3) is 3.80. The number of hydrogen-bond donors (Lipinski definition) is 2. The van der Waals surface area contributed by atoms with Gasteiger partial charge < -0.3 is 10.2 Å². The second-order valence-electron chi connectivity index (χ2n) is 5.40. The van der Waals surface area contributed by atoms with Gasteiger partial charge in [-0.1, -0.05) is 19.8 Å². The van der Waals surface area contributed by atoms with Gasteiger partial charge in [0.2, 0.25) is 5.88 Å². The summed E-state index contributed by atoms with van der Waals surface area (Å²) in [4.78, 5) is 14.4. The van der Waals surface area contributed by atoms with Crippen molar-refractivity contribution in [3.63, 3.8) is 0 Å². The fourth-order valence-corrected chi connectivity index (χ4v) is 2.66. The van der Waals surface area contributed by atoms with Gasteiger partial charge in [-0.3, -0.25) is 10.1 Å². The van der Waals surface area contributed by atoms with Crippen molar-refractivity contribution in [1.29, 1.82) is 0 Å². The van der Waals surface area contributed by atoms with Gasteiger partial charge in [0.15, 0.2) is 5.82 Å². The zero-order valence-corrected chi connectivity index (χ0v) is 11.5. The Labute approximate surface area is 117 Å². The largest absolute Gasteiger partial charge is 0.477 e. The monoisotopic (exact) mass is 280 g/mol. The molecule has 0 aliphatic heterocycles. The molecule has 1 fully saturated rings. The molecule has 0 spiro atoms. The molecule has 0 amide bonds. The van der Waals surface area contributed by atoms with Crippen LogP contribution in [0.3, 0.4) is 0 Å². The Kier molecular flexibility index (Phi) is 4.73. The van der Waals surface area contributed by atoms with E-state index in [9.17, 15) is 10.1 Å². The first-order valence-electron chi connectivity index (χ1n) is 6.84. The molecule has 2 unspecified atom stereocenters. The molecule has 0 bridgehead atoms. The third-order valence-electron chi connectivity index (χ3n) is 3.66. The average molecular weight is 280 g/mol. The van der Waals surface area contributed by atoms with Gasteiger partial charge in [-0.15, -0.1) is 0 Å². The summed E-state index contributed by atoms with van der Waals surface area (Å²) in [5, 5.41) is 10.8. The van der Waals surface area contributed by atoms with Crippen LogP contribution in [-0.4, -0.2) is 16.5 Å². The molecule has 20 heavy (non-hydrogen) atoms. The molecule has 1 saturated carbocycles. The van der Waals surface area contributed by atoms with E-state index in [0.29, 0.717) is 12.5 Å². The number of aromatic nitrogens is 1. The van der Waals surface area contributed by atoms with Gasteiger partial charge in [-0.05, 0) is 24.7 Å². The van der Waals surface area contributed by atoms with Crippen LogP contribution >= 0.6 is 0 Å². The van der Waals surface area contributed by atoms with E-state index in [1.807, 2.05) is 0 Å². The maximum absolute atomic E-state index is 10.8. The number of anilines is 1. The van der Waals surface area contributed by atoms with Gasteiger partial charge >= 0.3 is 0 Å². The topological polar surface area (TPSA) is 103 Å². The maximum Gasteiger partial charge on any atom is 0.278 e. The predicted molar refractivity (Wildman–Crippen MR) is 75.3 cm³/mol. The van der Waals surface area contributed by atoms with Crippen LogP contribution in [0.1, 0.15) is 32.6 Å². The summed E-state index contributed by atoms with van der Waals surface area (Å²) >= 11 is 0. The highest BCUT2D eigenvalue weighted by molar-refractivity contribution is 5.47. The van der Waals surface area contributed by atoms with E-state index in [4.69, 9.17) is 10.6 Å². The number of hydrazine groups is 1. The molecule has 1 aliphatic rings. The fourth-order valence-electron chi connectivity index (χ4n) is 2.66. The summed E-state index contributed by atoms with van der Waals surface area (Å²) in [7, 11) is 0. The minimum Gasteiger partial charge on any atom is -0.477 e. The van der Waals surface area contributed by atoms with Gasteiger partial charge in [-0.2, -0.15) is 4.98 Å². The molecular weight excluding hydrogens is 260 g/mol. The highest BCUT2D eigenvalue weighted by atomic mass is 16.6. The van der Waals surface area contributed by atoms with Crippen molar-refractivity contribution in [2.45, 2.75) is 32.6 Å². The number of nitrogens with one attached hydrogen (secondary N) is 1. The summed E-state index contributed by atoms with van der Waals surface area (Å²) in [6, 6.07) is 2.60. The molecule has 1 aromatic heterocycles. The molecule has 2 atom stereocenters. The van der Waals surface area contributed by atoms with Gasteiger partial charge in [0.05, 0.1) is 23.7 Å². The average Bonchev–Trinajstić information content (AvgIpc) is 2.45. The molecule has 7 heteroatoms. The Hall–Kier alpha value is -1.89. The van der Waals surface area contributed by atoms with E-state index in [0.717, 1.165) is 18.8 Å². The molecule has 110 valence electrons. The van der Waals surface area contributed by atoms with Crippen molar-refractivity contribution in [2.75, 3.05) is 12.0 Å². The second-order valence-corrected chi connectivity index (χ2v) is 5.40. The lowest BCUT2D eigenvalue weighted by Gasteiger charge is -2.26. The number of hydrogen-bond acceptors (Lipinski definition) is 6. The summed E-state index contributed by atoms with van der Waals surface area (Å²) in [5.74, 6) is 6.94. The first kappa shape index (κ1) is 14.5. The molecule has 0 saturated heterocycles. The highest BCUT2D eigenvalue weighted by Gasteiger charge is 2.20. The molecular formula is C13H20N4O3. The predicted octanol–water partition coefficient (Wildman–Crippen LogP) is 2.48. The summed E-state index contributed by atoms with van der Waals surface area (Å²) in [6.07, 6.45) is 4.76. The quantitative estimate of drug-likeness (QED) is 0.488. The lowest BCUT2D eigenvalue weighted by molar-refractivity contribution is -0.384. The minimum atomic E-state index is -0.488. The third-order valence-corrected chi connectivity index (χ3v) is 3.66. The Morgan fingerprint density at radius 3 is 3.00 bits per heavy atom. The smallest absolute Gasteiger partial charge is 0.278 e. The Balaban J connectivity index is 2.01. The van der Waals surface area contributed by atoms with E-state index in [2.05, 4.69) is 17.3 Å². The number of nitro groups is 1. The first-order valence-corrected chi connectivity index (χ1v) is 6.84. The number of nitrogens with two attached hydrogens (primary N) is 1. The van der Waals surface area contributed by atoms with E-state index < -0.39 is 4.92 Å². The van der Waals surface area contributed by atoms with Crippen molar-refractivity contribution in [3.05, 3.63) is 22.2 Å². The van der Waals surface area contributed by atoms with Crippen LogP contribution in [0.2, 0.25) is 0 Å². The first-order chi connectivity index (χ1) is 9.58. The lowest BCUT2D eigenvalue weighted by Crippen LogP contribution is -2.20. The van der Waals surface area contributed by atoms with Crippen molar-refractivity contribution >= 4 is 11.5 Å². The lowest BCUT2D eigenvalue weighted by atomic mass is 9.83. The van der Waals surface area contributed by atoms with E-state index in [1.165, 1.54) is 25.0 Å². The molecule has 1 aliphatic carbocycles.